The molecule has 0 aromatic rings. The van der Waals surface area contributed by atoms with E-state index >= 15 is 0 Å². The summed E-state index contributed by atoms with van der Waals surface area (Å²) >= 11 is 0. The third-order valence-corrected chi connectivity index (χ3v) is 4.65. The van der Waals surface area contributed by atoms with Crippen molar-refractivity contribution in [2.75, 3.05) is 26.2 Å². The summed E-state index contributed by atoms with van der Waals surface area (Å²) in [6.45, 7) is 9.66. The number of hydrogen-bond acceptors (Lipinski definition) is 3. The van der Waals surface area contributed by atoms with Gasteiger partial charge in [0.1, 0.15) is 0 Å². The van der Waals surface area contributed by atoms with E-state index < -0.39 is 5.54 Å². The van der Waals surface area contributed by atoms with Gasteiger partial charge in [-0.2, -0.15) is 0 Å². The molecule has 0 spiro atoms. The topological polar surface area (TPSA) is 49.6 Å². The van der Waals surface area contributed by atoms with E-state index in [1.54, 1.807) is 13.8 Å². The number of rotatable bonds is 2. The van der Waals surface area contributed by atoms with Crippen molar-refractivity contribution in [3.63, 3.8) is 0 Å². The Hall–Kier alpha value is -0.0300. The van der Waals surface area contributed by atoms with Crippen LogP contribution in [-0.2, 0) is 4.79 Å². The predicted octanol–water partition coefficient (Wildman–Crippen LogP) is 2.29. The highest BCUT2D eigenvalue weighted by molar-refractivity contribution is 5.86. The molecule has 0 aromatic heterocycles. The van der Waals surface area contributed by atoms with Gasteiger partial charge in [0.05, 0.1) is 5.54 Å². The Balaban J connectivity index is 0.00000200. The number of nitrogens with two attached hydrogens (primary N) is 1. The fourth-order valence-corrected chi connectivity index (χ4v) is 3.31. The smallest absolute Gasteiger partial charge is 0.242 e. The first-order valence-electron chi connectivity index (χ1n) is 7.70. The molecule has 1 heterocycles. The third kappa shape index (κ3) is 5.59. The largest absolute Gasteiger partial charge is 0.339 e. The molecule has 1 amide bonds. The Labute approximate surface area is 141 Å². The summed E-state index contributed by atoms with van der Waals surface area (Å²) in [6.07, 6.45) is 5.38. The van der Waals surface area contributed by atoms with Gasteiger partial charge < -0.3 is 10.6 Å². The van der Waals surface area contributed by atoms with E-state index in [2.05, 4.69) is 11.8 Å². The molecular weight excluding hydrogens is 309 g/mol. The van der Waals surface area contributed by atoms with Gasteiger partial charge in [-0.25, -0.2) is 0 Å². The molecule has 0 aromatic carbocycles. The quantitative estimate of drug-likeness (QED) is 0.839. The van der Waals surface area contributed by atoms with Crippen LogP contribution in [0.25, 0.3) is 0 Å². The number of amides is 1. The number of halogens is 2. The zero-order chi connectivity index (χ0) is 14.0. The number of carbonyl (C=O) groups is 1. The lowest BCUT2D eigenvalue weighted by Gasteiger charge is -2.42. The van der Waals surface area contributed by atoms with E-state index in [4.69, 9.17) is 5.73 Å². The SMILES string of the molecule is CC1CCC(N2CCN(C(=O)C(C)(C)N)CC2)CC1.Cl.Cl. The zero-order valence-electron chi connectivity index (χ0n) is 13.5. The third-order valence-electron chi connectivity index (χ3n) is 4.65. The van der Waals surface area contributed by atoms with Crippen molar-refractivity contribution in [1.29, 1.82) is 0 Å². The molecule has 1 aliphatic heterocycles. The molecule has 0 radical (unpaired) electrons. The Bertz CT molecular complexity index is 317. The highest BCUT2D eigenvalue weighted by Gasteiger charge is 2.32. The van der Waals surface area contributed by atoms with Crippen LogP contribution < -0.4 is 5.73 Å². The molecule has 2 N–H and O–H groups in total. The van der Waals surface area contributed by atoms with E-state index in [0.717, 1.165) is 38.1 Å². The van der Waals surface area contributed by atoms with Crippen LogP contribution in [0, 0.1) is 5.92 Å². The van der Waals surface area contributed by atoms with Crippen LogP contribution in [0.2, 0.25) is 0 Å². The Morgan fingerprint density at radius 3 is 1.90 bits per heavy atom. The fraction of sp³-hybridized carbons (Fsp3) is 0.933. The van der Waals surface area contributed by atoms with E-state index in [9.17, 15) is 4.79 Å². The lowest BCUT2D eigenvalue weighted by atomic mass is 9.86. The highest BCUT2D eigenvalue weighted by atomic mass is 35.5. The first kappa shape index (κ1) is 21.0. The van der Waals surface area contributed by atoms with Crippen LogP contribution in [0.4, 0.5) is 0 Å². The molecular formula is C15H31Cl2N3O. The van der Waals surface area contributed by atoms with Crippen molar-refractivity contribution < 1.29 is 4.79 Å². The van der Waals surface area contributed by atoms with E-state index in [0.29, 0.717) is 0 Å². The van der Waals surface area contributed by atoms with Gasteiger partial charge in [-0.15, -0.1) is 24.8 Å². The summed E-state index contributed by atoms with van der Waals surface area (Å²) in [7, 11) is 0. The number of carbonyl (C=O) groups excluding carboxylic acids is 1. The summed E-state index contributed by atoms with van der Waals surface area (Å²) in [5.74, 6) is 0.988. The average molecular weight is 340 g/mol. The van der Waals surface area contributed by atoms with Crippen LogP contribution >= 0.6 is 24.8 Å². The van der Waals surface area contributed by atoms with Crippen LogP contribution in [0.5, 0.6) is 0 Å². The van der Waals surface area contributed by atoms with Crippen molar-refractivity contribution in [3.8, 4) is 0 Å². The fourth-order valence-electron chi connectivity index (χ4n) is 3.31. The minimum absolute atomic E-state index is 0. The molecule has 21 heavy (non-hydrogen) atoms. The lowest BCUT2D eigenvalue weighted by Crippen LogP contribution is -2.58. The zero-order valence-corrected chi connectivity index (χ0v) is 15.1. The molecule has 1 aliphatic carbocycles. The van der Waals surface area contributed by atoms with Gasteiger partial charge in [-0.05, 0) is 45.4 Å². The number of hydrogen-bond donors (Lipinski definition) is 1. The van der Waals surface area contributed by atoms with Crippen molar-refractivity contribution in [2.45, 2.75) is 58.0 Å². The monoisotopic (exact) mass is 339 g/mol. The average Bonchev–Trinajstić information content (AvgIpc) is 2.38. The molecule has 126 valence electrons. The standard InChI is InChI=1S/C15H29N3O.2ClH/c1-12-4-6-13(7-5-12)17-8-10-18(11-9-17)14(19)15(2,3)16;;/h12-13H,4-11,16H2,1-3H3;2*1H. The molecule has 2 aliphatic rings. The maximum atomic E-state index is 12.1. The second-order valence-corrected chi connectivity index (χ2v) is 6.96. The van der Waals surface area contributed by atoms with Crippen molar-refractivity contribution in [2.24, 2.45) is 11.7 Å². The van der Waals surface area contributed by atoms with E-state index in [1.807, 2.05) is 4.90 Å². The minimum Gasteiger partial charge on any atom is -0.339 e. The van der Waals surface area contributed by atoms with Crippen molar-refractivity contribution in [3.05, 3.63) is 0 Å². The van der Waals surface area contributed by atoms with Gasteiger partial charge >= 0.3 is 0 Å². The Kier molecular flexibility index (Phi) is 8.55. The van der Waals surface area contributed by atoms with Gasteiger partial charge in [0.2, 0.25) is 5.91 Å². The van der Waals surface area contributed by atoms with E-state index in [-0.39, 0.29) is 30.7 Å². The second-order valence-electron chi connectivity index (χ2n) is 6.96. The van der Waals surface area contributed by atoms with Crippen LogP contribution in [0.3, 0.4) is 0 Å². The Morgan fingerprint density at radius 2 is 1.48 bits per heavy atom. The summed E-state index contributed by atoms with van der Waals surface area (Å²) in [5.41, 5.74) is 5.16. The highest BCUT2D eigenvalue weighted by Crippen LogP contribution is 2.27. The summed E-state index contributed by atoms with van der Waals surface area (Å²) in [4.78, 5) is 16.6. The molecule has 0 unspecified atom stereocenters. The molecule has 4 nitrogen and oxygen atoms in total. The first-order chi connectivity index (χ1) is 8.88. The maximum absolute atomic E-state index is 12.1. The Morgan fingerprint density at radius 1 is 1.00 bits per heavy atom. The molecule has 6 heteroatoms. The first-order valence-corrected chi connectivity index (χ1v) is 7.70. The molecule has 0 atom stereocenters. The second kappa shape index (κ2) is 8.56. The van der Waals surface area contributed by atoms with E-state index in [1.165, 1.54) is 25.7 Å². The maximum Gasteiger partial charge on any atom is 0.242 e. The summed E-state index contributed by atoms with van der Waals surface area (Å²) in [6, 6.07) is 0.749. The normalized spacial score (nSPS) is 27.5. The molecule has 2 fully saturated rings. The van der Waals surface area contributed by atoms with Gasteiger partial charge in [0.15, 0.2) is 0 Å². The molecule has 2 rings (SSSR count). The van der Waals surface area contributed by atoms with Gasteiger partial charge in [-0.3, -0.25) is 9.69 Å². The van der Waals surface area contributed by atoms with Gasteiger partial charge in [-0.1, -0.05) is 6.92 Å². The van der Waals surface area contributed by atoms with Gasteiger partial charge in [0.25, 0.3) is 0 Å². The lowest BCUT2D eigenvalue weighted by molar-refractivity contribution is -0.138. The summed E-state index contributed by atoms with van der Waals surface area (Å²) in [5, 5.41) is 0. The molecule has 1 saturated heterocycles. The summed E-state index contributed by atoms with van der Waals surface area (Å²) < 4.78 is 0. The van der Waals surface area contributed by atoms with Crippen LogP contribution in [0.15, 0.2) is 0 Å². The number of nitrogens with zero attached hydrogens (tertiary/aromatic N) is 2. The number of piperazine rings is 1. The van der Waals surface area contributed by atoms with Gasteiger partial charge in [0, 0.05) is 32.2 Å². The van der Waals surface area contributed by atoms with Crippen LogP contribution in [-0.4, -0.2) is 53.5 Å². The minimum atomic E-state index is -0.734. The van der Waals surface area contributed by atoms with Crippen molar-refractivity contribution in [1.82, 2.24) is 9.80 Å². The van der Waals surface area contributed by atoms with Crippen molar-refractivity contribution >= 4 is 30.7 Å². The molecule has 0 bridgehead atoms. The van der Waals surface area contributed by atoms with Crippen LogP contribution in [0.1, 0.15) is 46.5 Å². The predicted molar refractivity (Wildman–Crippen MR) is 92.3 cm³/mol. The molecule has 1 saturated carbocycles.